The van der Waals surface area contributed by atoms with Crippen LogP contribution in [0.4, 0.5) is 5.13 Å². The van der Waals surface area contributed by atoms with Crippen molar-refractivity contribution in [2.45, 2.75) is 33.3 Å². The molecule has 0 saturated carbocycles. The molecular formula is C19H21N3O3S2. The SMILES string of the molecule is Cc1ncsc1CCOc1cc(OC(C)C)cc(C(=O)Nc2nccs2)c1. The molecule has 27 heavy (non-hydrogen) atoms. The van der Waals surface area contributed by atoms with Crippen molar-refractivity contribution in [2.75, 3.05) is 11.9 Å². The number of aryl methyl sites for hydroxylation is 1. The summed E-state index contributed by atoms with van der Waals surface area (Å²) in [5, 5.41) is 5.15. The largest absolute Gasteiger partial charge is 0.493 e. The van der Waals surface area contributed by atoms with Crippen LogP contribution in [-0.2, 0) is 6.42 Å². The maximum atomic E-state index is 12.5. The van der Waals surface area contributed by atoms with Crippen LogP contribution in [-0.4, -0.2) is 28.6 Å². The van der Waals surface area contributed by atoms with E-state index in [0.29, 0.717) is 28.8 Å². The smallest absolute Gasteiger partial charge is 0.257 e. The van der Waals surface area contributed by atoms with Crippen molar-refractivity contribution in [3.05, 3.63) is 51.4 Å². The first-order valence-electron chi connectivity index (χ1n) is 8.55. The molecule has 0 fully saturated rings. The van der Waals surface area contributed by atoms with Crippen LogP contribution in [0.15, 0.2) is 35.3 Å². The first-order valence-corrected chi connectivity index (χ1v) is 10.3. The van der Waals surface area contributed by atoms with Gasteiger partial charge in [-0.05, 0) is 32.9 Å². The highest BCUT2D eigenvalue weighted by atomic mass is 32.1. The summed E-state index contributed by atoms with van der Waals surface area (Å²) in [6.45, 7) is 6.37. The van der Waals surface area contributed by atoms with Crippen LogP contribution in [0.1, 0.15) is 34.8 Å². The van der Waals surface area contributed by atoms with E-state index in [1.54, 1.807) is 35.7 Å². The second-order valence-electron chi connectivity index (χ2n) is 6.11. The molecule has 8 heteroatoms. The van der Waals surface area contributed by atoms with Crippen LogP contribution in [0.2, 0.25) is 0 Å². The zero-order valence-electron chi connectivity index (χ0n) is 15.4. The maximum absolute atomic E-state index is 12.5. The molecular weight excluding hydrogens is 382 g/mol. The molecule has 0 aliphatic rings. The normalized spacial score (nSPS) is 10.8. The molecule has 0 aliphatic heterocycles. The zero-order chi connectivity index (χ0) is 19.2. The highest BCUT2D eigenvalue weighted by Gasteiger charge is 2.13. The summed E-state index contributed by atoms with van der Waals surface area (Å²) in [5.74, 6) is 0.947. The first-order chi connectivity index (χ1) is 13.0. The van der Waals surface area contributed by atoms with E-state index in [4.69, 9.17) is 9.47 Å². The molecule has 0 bridgehead atoms. The van der Waals surface area contributed by atoms with Crippen LogP contribution in [0.5, 0.6) is 11.5 Å². The second-order valence-corrected chi connectivity index (χ2v) is 7.94. The summed E-state index contributed by atoms with van der Waals surface area (Å²) < 4.78 is 11.7. The number of ether oxygens (including phenoxy) is 2. The lowest BCUT2D eigenvalue weighted by molar-refractivity contribution is 0.102. The minimum absolute atomic E-state index is 0.00466. The van der Waals surface area contributed by atoms with Gasteiger partial charge < -0.3 is 9.47 Å². The Hall–Kier alpha value is -2.45. The fraction of sp³-hybridized carbons (Fsp3) is 0.316. The Morgan fingerprint density at radius 1 is 1.19 bits per heavy atom. The Balaban J connectivity index is 1.73. The summed E-state index contributed by atoms with van der Waals surface area (Å²) in [4.78, 5) is 22.1. The number of carbonyl (C=O) groups excluding carboxylic acids is 1. The number of benzene rings is 1. The summed E-state index contributed by atoms with van der Waals surface area (Å²) in [5.41, 5.74) is 3.33. The van der Waals surface area contributed by atoms with E-state index in [2.05, 4.69) is 15.3 Å². The zero-order valence-corrected chi connectivity index (χ0v) is 17.0. The fourth-order valence-corrected chi connectivity index (χ4v) is 3.70. The Kier molecular flexibility index (Phi) is 6.41. The standard InChI is InChI=1S/C19H21N3O3S2/c1-12(2)25-16-9-14(18(23)22-19-20-5-7-26-19)8-15(10-16)24-6-4-17-13(3)21-11-27-17/h5,7-12H,4,6H2,1-3H3,(H,20,22,23). The van der Waals surface area contributed by atoms with E-state index in [9.17, 15) is 4.79 Å². The Labute approximate surface area is 166 Å². The predicted octanol–water partition coefficient (Wildman–Crippen LogP) is 4.57. The molecule has 6 nitrogen and oxygen atoms in total. The average Bonchev–Trinajstić information content (AvgIpc) is 3.26. The molecule has 1 amide bonds. The fourth-order valence-electron chi connectivity index (χ4n) is 2.41. The van der Waals surface area contributed by atoms with Crippen molar-refractivity contribution in [1.82, 2.24) is 9.97 Å². The van der Waals surface area contributed by atoms with Crippen LogP contribution in [0, 0.1) is 6.92 Å². The third-order valence-corrected chi connectivity index (χ3v) is 5.29. The number of aromatic nitrogens is 2. The average molecular weight is 404 g/mol. The quantitative estimate of drug-likeness (QED) is 0.596. The Morgan fingerprint density at radius 2 is 2.00 bits per heavy atom. The maximum Gasteiger partial charge on any atom is 0.257 e. The van der Waals surface area contributed by atoms with Crippen molar-refractivity contribution in [1.29, 1.82) is 0 Å². The van der Waals surface area contributed by atoms with Crippen molar-refractivity contribution in [3.63, 3.8) is 0 Å². The molecule has 3 aromatic rings. The molecule has 0 aliphatic carbocycles. The number of anilines is 1. The van der Waals surface area contributed by atoms with Crippen molar-refractivity contribution in [3.8, 4) is 11.5 Å². The van der Waals surface area contributed by atoms with Crippen molar-refractivity contribution < 1.29 is 14.3 Å². The van der Waals surface area contributed by atoms with Crippen LogP contribution in [0.25, 0.3) is 0 Å². The molecule has 3 rings (SSSR count). The number of rotatable bonds is 8. The minimum atomic E-state index is -0.248. The predicted molar refractivity (Wildman–Crippen MR) is 108 cm³/mol. The molecule has 0 radical (unpaired) electrons. The van der Waals surface area contributed by atoms with E-state index in [1.807, 2.05) is 31.7 Å². The minimum Gasteiger partial charge on any atom is -0.493 e. The van der Waals surface area contributed by atoms with E-state index in [1.165, 1.54) is 16.2 Å². The van der Waals surface area contributed by atoms with Crippen LogP contribution in [0.3, 0.4) is 0 Å². The number of thiazole rings is 2. The van der Waals surface area contributed by atoms with Gasteiger partial charge in [-0.2, -0.15) is 0 Å². The third kappa shape index (κ3) is 5.51. The summed E-state index contributed by atoms with van der Waals surface area (Å²) in [6, 6.07) is 5.23. The highest BCUT2D eigenvalue weighted by Crippen LogP contribution is 2.25. The van der Waals surface area contributed by atoms with Gasteiger partial charge in [0, 0.05) is 34.5 Å². The number of nitrogens with zero attached hydrogens (tertiary/aromatic N) is 2. The highest BCUT2D eigenvalue weighted by molar-refractivity contribution is 7.13. The molecule has 0 saturated heterocycles. The monoisotopic (exact) mass is 403 g/mol. The lowest BCUT2D eigenvalue weighted by atomic mass is 10.2. The van der Waals surface area contributed by atoms with Crippen molar-refractivity contribution in [2.24, 2.45) is 0 Å². The number of nitrogens with one attached hydrogen (secondary N) is 1. The van der Waals surface area contributed by atoms with E-state index < -0.39 is 0 Å². The van der Waals surface area contributed by atoms with E-state index in [0.717, 1.165) is 12.1 Å². The topological polar surface area (TPSA) is 73.3 Å². The van der Waals surface area contributed by atoms with Crippen LogP contribution >= 0.6 is 22.7 Å². The molecule has 2 heterocycles. The lowest BCUT2D eigenvalue weighted by Gasteiger charge is -2.14. The van der Waals surface area contributed by atoms with Gasteiger partial charge in [-0.3, -0.25) is 10.1 Å². The number of carbonyl (C=O) groups is 1. The Morgan fingerprint density at radius 3 is 2.67 bits per heavy atom. The van der Waals surface area contributed by atoms with Gasteiger partial charge in [0.05, 0.1) is 23.9 Å². The Bertz CT molecular complexity index is 892. The van der Waals surface area contributed by atoms with Gasteiger partial charge >= 0.3 is 0 Å². The molecule has 1 aromatic carbocycles. The van der Waals surface area contributed by atoms with Gasteiger partial charge in [-0.25, -0.2) is 9.97 Å². The van der Waals surface area contributed by atoms with E-state index in [-0.39, 0.29) is 12.0 Å². The van der Waals surface area contributed by atoms with E-state index >= 15 is 0 Å². The van der Waals surface area contributed by atoms with Crippen LogP contribution < -0.4 is 14.8 Å². The van der Waals surface area contributed by atoms with Gasteiger partial charge in [0.1, 0.15) is 11.5 Å². The molecule has 1 N–H and O–H groups in total. The number of amides is 1. The number of hydrogen-bond donors (Lipinski definition) is 1. The molecule has 2 aromatic heterocycles. The van der Waals surface area contributed by atoms with Gasteiger partial charge in [0.25, 0.3) is 5.91 Å². The van der Waals surface area contributed by atoms with Crippen molar-refractivity contribution >= 4 is 33.7 Å². The van der Waals surface area contributed by atoms with Gasteiger partial charge in [0.2, 0.25) is 0 Å². The molecule has 0 spiro atoms. The molecule has 0 unspecified atom stereocenters. The molecule has 142 valence electrons. The van der Waals surface area contributed by atoms with Gasteiger partial charge in [0.15, 0.2) is 5.13 Å². The first kappa shape index (κ1) is 19.3. The number of hydrogen-bond acceptors (Lipinski definition) is 7. The summed E-state index contributed by atoms with van der Waals surface area (Å²) in [7, 11) is 0. The lowest BCUT2D eigenvalue weighted by Crippen LogP contribution is -2.13. The molecule has 0 atom stereocenters. The summed E-state index contributed by atoms with van der Waals surface area (Å²) in [6.07, 6.45) is 2.41. The van der Waals surface area contributed by atoms with Gasteiger partial charge in [-0.1, -0.05) is 0 Å². The third-order valence-electron chi connectivity index (χ3n) is 3.61. The van der Waals surface area contributed by atoms with Gasteiger partial charge in [-0.15, -0.1) is 22.7 Å². The summed E-state index contributed by atoms with van der Waals surface area (Å²) >= 11 is 2.99. The second kappa shape index (κ2) is 8.96.